The molecule has 1 unspecified atom stereocenters. The number of aliphatic hydroxyl groups excluding tert-OH is 1. The van der Waals surface area contributed by atoms with Crippen LogP contribution < -0.4 is 9.64 Å². The van der Waals surface area contributed by atoms with Gasteiger partial charge in [0.05, 0.1) is 11.1 Å². The first-order valence-corrected chi connectivity index (χ1v) is 9.79. The number of nitrogens with zero attached hydrogens (tertiary/aromatic N) is 6. The molecular weight excluding hydrogens is 431 g/mol. The summed E-state index contributed by atoms with van der Waals surface area (Å²) in [6.45, 7) is 0.924. The van der Waals surface area contributed by atoms with Gasteiger partial charge in [0, 0.05) is 24.2 Å². The standard InChI is InChI=1S/C19H16Cl2N6O3/c20-12-1-2-13(21)15(7-12)29-11-19(9-22)5-6-27(10-19)17-4-3-14(24-25-17)18-23-16(8-28)26-30-18/h1-4,7,28H,5-6,8,10-11H2. The number of halogens is 2. The summed E-state index contributed by atoms with van der Waals surface area (Å²) in [5.41, 5.74) is -0.315. The van der Waals surface area contributed by atoms with Crippen molar-refractivity contribution in [3.8, 4) is 23.4 Å². The van der Waals surface area contributed by atoms with Gasteiger partial charge in [-0.05, 0) is 30.7 Å². The largest absolute Gasteiger partial charge is 0.490 e. The normalized spacial score (nSPS) is 18.4. The number of hydrogen-bond donors (Lipinski definition) is 1. The van der Waals surface area contributed by atoms with E-state index < -0.39 is 5.41 Å². The average Bonchev–Trinajstić information content (AvgIpc) is 3.42. The molecule has 0 spiro atoms. The molecule has 4 rings (SSSR count). The maximum Gasteiger partial charge on any atom is 0.278 e. The first-order valence-electron chi connectivity index (χ1n) is 9.03. The predicted octanol–water partition coefficient (Wildman–Crippen LogP) is 3.12. The second kappa shape index (κ2) is 8.44. The van der Waals surface area contributed by atoms with Crippen molar-refractivity contribution >= 4 is 29.0 Å². The molecule has 1 saturated heterocycles. The van der Waals surface area contributed by atoms with E-state index in [1.807, 2.05) is 4.90 Å². The number of anilines is 1. The molecule has 9 nitrogen and oxygen atoms in total. The maximum atomic E-state index is 9.80. The van der Waals surface area contributed by atoms with Crippen molar-refractivity contribution in [2.75, 3.05) is 24.6 Å². The number of hydrogen-bond acceptors (Lipinski definition) is 9. The van der Waals surface area contributed by atoms with Crippen LogP contribution in [-0.4, -0.2) is 45.1 Å². The van der Waals surface area contributed by atoms with E-state index in [2.05, 4.69) is 26.4 Å². The molecule has 0 radical (unpaired) electrons. The van der Waals surface area contributed by atoms with Crippen LogP contribution in [-0.2, 0) is 6.61 Å². The summed E-state index contributed by atoms with van der Waals surface area (Å²) in [6.07, 6.45) is 0.606. The Balaban J connectivity index is 1.44. The molecule has 154 valence electrons. The molecule has 0 saturated carbocycles. The fourth-order valence-electron chi connectivity index (χ4n) is 3.14. The summed E-state index contributed by atoms with van der Waals surface area (Å²) in [5.74, 6) is 1.42. The Bertz CT molecular complexity index is 1080. The number of aliphatic hydroxyl groups is 1. The van der Waals surface area contributed by atoms with Crippen molar-refractivity contribution in [3.05, 3.63) is 46.2 Å². The summed E-state index contributed by atoms with van der Waals surface area (Å²) in [4.78, 5) is 5.97. The molecule has 1 aliphatic rings. The summed E-state index contributed by atoms with van der Waals surface area (Å²) < 4.78 is 10.9. The molecule has 1 N–H and O–H groups in total. The van der Waals surface area contributed by atoms with Gasteiger partial charge in [-0.2, -0.15) is 10.2 Å². The second-order valence-electron chi connectivity index (χ2n) is 6.88. The number of nitriles is 1. The molecular formula is C19H16Cl2N6O3. The van der Waals surface area contributed by atoms with Crippen LogP contribution in [0.3, 0.4) is 0 Å². The Hall–Kier alpha value is -2.93. The first-order chi connectivity index (χ1) is 14.5. The minimum absolute atomic E-state index is 0.175. The zero-order valence-electron chi connectivity index (χ0n) is 15.6. The van der Waals surface area contributed by atoms with Gasteiger partial charge in [0.25, 0.3) is 5.89 Å². The molecule has 0 bridgehead atoms. The van der Waals surface area contributed by atoms with Crippen LogP contribution >= 0.6 is 23.2 Å². The van der Waals surface area contributed by atoms with E-state index in [1.54, 1.807) is 30.3 Å². The van der Waals surface area contributed by atoms with E-state index in [0.29, 0.717) is 46.8 Å². The topological polar surface area (TPSA) is 121 Å². The fourth-order valence-corrected chi connectivity index (χ4v) is 3.48. The Morgan fingerprint density at radius 3 is 2.83 bits per heavy atom. The van der Waals surface area contributed by atoms with Gasteiger partial charge in [0.1, 0.15) is 24.4 Å². The van der Waals surface area contributed by atoms with Crippen LogP contribution in [0.25, 0.3) is 11.6 Å². The highest BCUT2D eigenvalue weighted by Gasteiger charge is 2.40. The number of rotatable bonds is 6. The van der Waals surface area contributed by atoms with Gasteiger partial charge < -0.3 is 19.3 Å². The third-order valence-corrected chi connectivity index (χ3v) is 5.34. The zero-order chi connectivity index (χ0) is 21.1. The molecule has 1 atom stereocenters. The van der Waals surface area contributed by atoms with Gasteiger partial charge in [-0.1, -0.05) is 28.4 Å². The fraction of sp³-hybridized carbons (Fsp3) is 0.316. The smallest absolute Gasteiger partial charge is 0.278 e. The van der Waals surface area contributed by atoms with E-state index in [-0.39, 0.29) is 24.9 Å². The Labute approximate surface area is 181 Å². The van der Waals surface area contributed by atoms with Crippen molar-refractivity contribution < 1.29 is 14.4 Å². The third-order valence-electron chi connectivity index (χ3n) is 4.79. The van der Waals surface area contributed by atoms with Crippen LogP contribution in [0.1, 0.15) is 12.2 Å². The number of ether oxygens (including phenoxy) is 1. The lowest BCUT2D eigenvalue weighted by Crippen LogP contribution is -2.31. The highest BCUT2D eigenvalue weighted by atomic mass is 35.5. The highest BCUT2D eigenvalue weighted by Crippen LogP contribution is 2.35. The zero-order valence-corrected chi connectivity index (χ0v) is 17.1. The van der Waals surface area contributed by atoms with E-state index in [1.165, 1.54) is 0 Å². The van der Waals surface area contributed by atoms with Gasteiger partial charge in [-0.3, -0.25) is 0 Å². The molecule has 1 aliphatic heterocycles. The molecule has 0 amide bonds. The van der Waals surface area contributed by atoms with Crippen molar-refractivity contribution in [1.29, 1.82) is 5.26 Å². The predicted molar refractivity (Wildman–Crippen MR) is 108 cm³/mol. The van der Waals surface area contributed by atoms with E-state index in [9.17, 15) is 5.26 Å². The lowest BCUT2D eigenvalue weighted by atomic mass is 9.90. The van der Waals surface area contributed by atoms with Crippen LogP contribution in [0, 0.1) is 16.7 Å². The molecule has 1 aromatic carbocycles. The SMILES string of the molecule is N#CC1(COc2cc(Cl)ccc2Cl)CCN(c2ccc(-c3nc(CO)no3)nn2)C1. The first kappa shape index (κ1) is 20.3. The van der Waals surface area contributed by atoms with Gasteiger partial charge in [-0.15, -0.1) is 10.2 Å². The van der Waals surface area contributed by atoms with Crippen molar-refractivity contribution in [1.82, 2.24) is 20.3 Å². The summed E-state index contributed by atoms with van der Waals surface area (Å²) in [7, 11) is 0. The Morgan fingerprint density at radius 2 is 2.13 bits per heavy atom. The number of aromatic nitrogens is 4. The van der Waals surface area contributed by atoms with Crippen LogP contribution in [0.4, 0.5) is 5.82 Å². The summed E-state index contributed by atoms with van der Waals surface area (Å²) >= 11 is 12.1. The van der Waals surface area contributed by atoms with E-state index in [0.717, 1.165) is 0 Å². The quantitative estimate of drug-likeness (QED) is 0.607. The monoisotopic (exact) mass is 446 g/mol. The van der Waals surface area contributed by atoms with Gasteiger partial charge in [-0.25, -0.2) is 0 Å². The highest BCUT2D eigenvalue weighted by molar-refractivity contribution is 6.34. The minimum Gasteiger partial charge on any atom is -0.490 e. The molecule has 3 aromatic rings. The van der Waals surface area contributed by atoms with Crippen LogP contribution in [0.15, 0.2) is 34.9 Å². The van der Waals surface area contributed by atoms with Crippen molar-refractivity contribution in [2.24, 2.45) is 5.41 Å². The summed E-state index contributed by atoms with van der Waals surface area (Å²) in [6, 6.07) is 10.8. The number of benzene rings is 1. The van der Waals surface area contributed by atoms with Gasteiger partial charge >= 0.3 is 0 Å². The van der Waals surface area contributed by atoms with Crippen molar-refractivity contribution in [2.45, 2.75) is 13.0 Å². The van der Waals surface area contributed by atoms with Crippen LogP contribution in [0.5, 0.6) is 5.75 Å². The van der Waals surface area contributed by atoms with E-state index >= 15 is 0 Å². The molecule has 0 aliphatic carbocycles. The molecule has 30 heavy (non-hydrogen) atoms. The van der Waals surface area contributed by atoms with E-state index in [4.69, 9.17) is 37.6 Å². The lowest BCUT2D eigenvalue weighted by Gasteiger charge is -2.23. The summed E-state index contributed by atoms with van der Waals surface area (Å²) in [5, 5.41) is 31.7. The van der Waals surface area contributed by atoms with Gasteiger partial charge in [0.2, 0.25) is 0 Å². The Morgan fingerprint density at radius 1 is 1.27 bits per heavy atom. The van der Waals surface area contributed by atoms with Crippen LogP contribution in [0.2, 0.25) is 10.0 Å². The second-order valence-corrected chi connectivity index (χ2v) is 7.72. The Kier molecular flexibility index (Phi) is 5.72. The molecule has 3 heterocycles. The average molecular weight is 447 g/mol. The lowest BCUT2D eigenvalue weighted by molar-refractivity contribution is 0.213. The van der Waals surface area contributed by atoms with Crippen molar-refractivity contribution in [3.63, 3.8) is 0 Å². The van der Waals surface area contributed by atoms with Gasteiger partial charge in [0.15, 0.2) is 17.3 Å². The molecule has 2 aromatic heterocycles. The maximum absolute atomic E-state index is 9.80. The minimum atomic E-state index is -0.714. The third kappa shape index (κ3) is 4.16. The molecule has 11 heteroatoms. The molecule has 1 fully saturated rings.